The van der Waals surface area contributed by atoms with Gasteiger partial charge in [-0.05, 0) is 60.9 Å². The highest BCUT2D eigenvalue weighted by atomic mass is 19.4. The SMILES string of the molecule is CC(=O)CCc1ccc(OCCN(Cc2ccccc2C(F)(F)F)c2ccc(C#N)c(C(F)(F)F)c2)cc1. The smallest absolute Gasteiger partial charge is 0.417 e. The minimum Gasteiger partial charge on any atom is -0.492 e. The first-order valence-electron chi connectivity index (χ1n) is 11.6. The molecule has 3 aromatic carbocycles. The van der Waals surface area contributed by atoms with Gasteiger partial charge in [0.1, 0.15) is 18.1 Å². The van der Waals surface area contributed by atoms with Crippen molar-refractivity contribution in [3.8, 4) is 11.8 Å². The monoisotopic (exact) mass is 534 g/mol. The number of Topliss-reactive ketones (excluding diaryl/α,β-unsaturated/α-hetero) is 1. The highest BCUT2D eigenvalue weighted by Gasteiger charge is 2.35. The van der Waals surface area contributed by atoms with Crippen molar-refractivity contribution < 1.29 is 35.9 Å². The van der Waals surface area contributed by atoms with Gasteiger partial charge in [-0.1, -0.05) is 30.3 Å². The van der Waals surface area contributed by atoms with E-state index in [-0.39, 0.29) is 36.7 Å². The number of halogens is 6. The third-order valence-corrected chi connectivity index (χ3v) is 5.80. The molecule has 0 radical (unpaired) electrons. The number of carbonyl (C=O) groups is 1. The predicted octanol–water partition coefficient (Wildman–Crippen LogP) is 7.20. The Labute approximate surface area is 216 Å². The number of ether oxygens (including phenoxy) is 1. The average molecular weight is 535 g/mol. The lowest BCUT2D eigenvalue weighted by molar-refractivity contribution is -0.138. The summed E-state index contributed by atoms with van der Waals surface area (Å²) in [5.74, 6) is 0.525. The van der Waals surface area contributed by atoms with E-state index in [0.717, 1.165) is 23.8 Å². The van der Waals surface area contributed by atoms with Crippen LogP contribution >= 0.6 is 0 Å². The summed E-state index contributed by atoms with van der Waals surface area (Å²) in [5, 5.41) is 9.09. The largest absolute Gasteiger partial charge is 0.492 e. The molecule has 0 bridgehead atoms. The summed E-state index contributed by atoms with van der Waals surface area (Å²) < 4.78 is 87.2. The van der Waals surface area contributed by atoms with Crippen LogP contribution in [-0.4, -0.2) is 18.9 Å². The molecule has 0 fully saturated rings. The van der Waals surface area contributed by atoms with Gasteiger partial charge in [0.25, 0.3) is 0 Å². The number of benzene rings is 3. The van der Waals surface area contributed by atoms with Crippen LogP contribution in [0.1, 0.15) is 41.2 Å². The van der Waals surface area contributed by atoms with Crippen LogP contribution in [0.3, 0.4) is 0 Å². The molecule has 0 saturated carbocycles. The Hall–Kier alpha value is -4.00. The van der Waals surface area contributed by atoms with Gasteiger partial charge in [0, 0.05) is 18.7 Å². The molecule has 3 aromatic rings. The fraction of sp³-hybridized carbons (Fsp3) is 0.286. The van der Waals surface area contributed by atoms with Gasteiger partial charge in [-0.2, -0.15) is 31.6 Å². The van der Waals surface area contributed by atoms with Gasteiger partial charge < -0.3 is 14.4 Å². The Bertz CT molecular complexity index is 1290. The maximum absolute atomic E-state index is 13.6. The van der Waals surface area contributed by atoms with Gasteiger partial charge >= 0.3 is 12.4 Å². The second kappa shape index (κ2) is 12.0. The van der Waals surface area contributed by atoms with E-state index in [1.807, 2.05) is 0 Å². The van der Waals surface area contributed by atoms with Crippen LogP contribution in [-0.2, 0) is 30.1 Å². The zero-order valence-electron chi connectivity index (χ0n) is 20.4. The summed E-state index contributed by atoms with van der Waals surface area (Å²) in [7, 11) is 0. The second-order valence-corrected chi connectivity index (χ2v) is 8.61. The lowest BCUT2D eigenvalue weighted by Crippen LogP contribution is -2.29. The van der Waals surface area contributed by atoms with Gasteiger partial charge in [0.05, 0.1) is 29.3 Å². The quantitative estimate of drug-likeness (QED) is 0.258. The molecule has 0 atom stereocenters. The summed E-state index contributed by atoms with van der Waals surface area (Å²) >= 11 is 0. The number of nitrogens with zero attached hydrogens (tertiary/aromatic N) is 2. The number of alkyl halides is 6. The Balaban J connectivity index is 1.86. The number of ketones is 1. The summed E-state index contributed by atoms with van der Waals surface area (Å²) in [4.78, 5) is 12.5. The maximum atomic E-state index is 13.6. The van der Waals surface area contributed by atoms with E-state index in [1.54, 1.807) is 24.3 Å². The fourth-order valence-electron chi connectivity index (χ4n) is 3.85. The highest BCUT2D eigenvalue weighted by Crippen LogP contribution is 2.36. The van der Waals surface area contributed by atoms with Crippen LogP contribution in [0.5, 0.6) is 5.75 Å². The van der Waals surface area contributed by atoms with Crippen LogP contribution < -0.4 is 9.64 Å². The summed E-state index contributed by atoms with van der Waals surface area (Å²) in [6, 6.07) is 16.3. The van der Waals surface area contributed by atoms with Gasteiger partial charge in [0.15, 0.2) is 0 Å². The molecule has 0 unspecified atom stereocenters. The number of rotatable bonds is 10. The molecule has 0 N–H and O–H groups in total. The van der Waals surface area contributed by atoms with Gasteiger partial charge in [-0.25, -0.2) is 0 Å². The molecule has 0 aliphatic rings. The molecule has 0 amide bonds. The van der Waals surface area contributed by atoms with E-state index in [9.17, 15) is 31.1 Å². The van der Waals surface area contributed by atoms with Crippen molar-refractivity contribution in [2.45, 2.75) is 38.7 Å². The number of anilines is 1. The van der Waals surface area contributed by atoms with Crippen molar-refractivity contribution in [3.05, 3.63) is 94.5 Å². The molecule has 0 saturated heterocycles. The predicted molar refractivity (Wildman–Crippen MR) is 130 cm³/mol. The zero-order chi connectivity index (χ0) is 27.9. The number of hydrogen-bond acceptors (Lipinski definition) is 4. The molecule has 0 heterocycles. The fourth-order valence-corrected chi connectivity index (χ4v) is 3.85. The van der Waals surface area contributed by atoms with Crippen LogP contribution in [0.15, 0.2) is 66.7 Å². The van der Waals surface area contributed by atoms with Gasteiger partial charge in [-0.15, -0.1) is 0 Å². The van der Waals surface area contributed by atoms with Crippen molar-refractivity contribution in [2.24, 2.45) is 0 Å². The maximum Gasteiger partial charge on any atom is 0.417 e. The Kier molecular flexibility index (Phi) is 9.04. The topological polar surface area (TPSA) is 53.3 Å². The van der Waals surface area contributed by atoms with Crippen LogP contribution in [0.4, 0.5) is 32.0 Å². The van der Waals surface area contributed by atoms with E-state index in [2.05, 4.69) is 0 Å². The van der Waals surface area contributed by atoms with Crippen LogP contribution in [0.2, 0.25) is 0 Å². The lowest BCUT2D eigenvalue weighted by Gasteiger charge is -2.27. The number of aryl methyl sites for hydroxylation is 1. The number of hydrogen-bond donors (Lipinski definition) is 0. The Morgan fingerprint density at radius 2 is 1.58 bits per heavy atom. The summed E-state index contributed by atoms with van der Waals surface area (Å²) in [5.41, 5.74) is -1.84. The molecule has 0 aliphatic heterocycles. The molecule has 10 heteroatoms. The van der Waals surface area contributed by atoms with E-state index < -0.39 is 29.0 Å². The molecule has 4 nitrogen and oxygen atoms in total. The first-order valence-corrected chi connectivity index (χ1v) is 11.6. The van der Waals surface area contributed by atoms with E-state index in [1.165, 1.54) is 42.2 Å². The normalized spacial score (nSPS) is 11.6. The molecule has 3 rings (SSSR count). The third-order valence-electron chi connectivity index (χ3n) is 5.80. The van der Waals surface area contributed by atoms with Crippen LogP contribution in [0.25, 0.3) is 0 Å². The highest BCUT2D eigenvalue weighted by molar-refractivity contribution is 5.75. The van der Waals surface area contributed by atoms with Crippen molar-refractivity contribution in [1.82, 2.24) is 0 Å². The van der Waals surface area contributed by atoms with Crippen molar-refractivity contribution >= 4 is 11.5 Å². The standard InChI is InChI=1S/C28H24F6N2O2/c1-19(37)6-7-20-8-12-24(13-9-20)38-15-14-36(18-22-4-2-3-5-25(22)27(29,30)31)23-11-10-21(17-35)26(16-23)28(32,33)34/h2-5,8-13,16H,6-7,14-15,18H2,1H3. The Morgan fingerprint density at radius 3 is 2.18 bits per heavy atom. The summed E-state index contributed by atoms with van der Waals surface area (Å²) in [6.07, 6.45) is -8.50. The molecule has 200 valence electrons. The molecule has 0 aromatic heterocycles. The van der Waals surface area contributed by atoms with Crippen molar-refractivity contribution in [2.75, 3.05) is 18.1 Å². The van der Waals surface area contributed by atoms with E-state index in [0.29, 0.717) is 18.6 Å². The molecule has 0 spiro atoms. The average Bonchev–Trinajstić information content (AvgIpc) is 2.86. The van der Waals surface area contributed by atoms with E-state index >= 15 is 0 Å². The first-order chi connectivity index (χ1) is 17.9. The zero-order valence-corrected chi connectivity index (χ0v) is 20.4. The third kappa shape index (κ3) is 7.75. The lowest BCUT2D eigenvalue weighted by atomic mass is 10.0. The molecular weight excluding hydrogens is 510 g/mol. The minimum atomic E-state index is -4.82. The molecule has 0 aliphatic carbocycles. The minimum absolute atomic E-state index is 0.00326. The number of nitriles is 1. The van der Waals surface area contributed by atoms with Gasteiger partial charge in [0.2, 0.25) is 0 Å². The molecule has 38 heavy (non-hydrogen) atoms. The summed E-state index contributed by atoms with van der Waals surface area (Å²) in [6.45, 7) is 1.08. The van der Waals surface area contributed by atoms with Gasteiger partial charge in [-0.3, -0.25) is 0 Å². The van der Waals surface area contributed by atoms with Crippen LogP contribution in [0, 0.1) is 11.3 Å². The van der Waals surface area contributed by atoms with Crippen molar-refractivity contribution in [3.63, 3.8) is 0 Å². The van der Waals surface area contributed by atoms with E-state index in [4.69, 9.17) is 10.00 Å². The first kappa shape index (κ1) is 28.6. The Morgan fingerprint density at radius 1 is 0.921 bits per heavy atom. The van der Waals surface area contributed by atoms with Crippen molar-refractivity contribution in [1.29, 1.82) is 5.26 Å². The molecular formula is C28H24F6N2O2. The number of carbonyl (C=O) groups excluding carboxylic acids is 1. The second-order valence-electron chi connectivity index (χ2n) is 8.61.